The molecule has 2 unspecified atom stereocenters. The fourth-order valence-corrected chi connectivity index (χ4v) is 2.32. The van der Waals surface area contributed by atoms with E-state index in [2.05, 4.69) is 29.4 Å². The van der Waals surface area contributed by atoms with Crippen molar-refractivity contribution >= 4 is 12.0 Å². The summed E-state index contributed by atoms with van der Waals surface area (Å²) >= 11 is 0. The van der Waals surface area contributed by atoms with E-state index in [0.717, 1.165) is 19.5 Å². The number of likely N-dealkylation sites (tertiary alicyclic amines) is 1. The number of carboxylic acid groups (broad SMARTS) is 1. The Morgan fingerprint density at radius 3 is 2.58 bits per heavy atom. The molecule has 19 heavy (non-hydrogen) atoms. The quantitative estimate of drug-likeness (QED) is 0.670. The predicted molar refractivity (Wildman–Crippen MR) is 73.1 cm³/mol. The zero-order chi connectivity index (χ0) is 14.4. The first-order chi connectivity index (χ1) is 8.88. The maximum Gasteiger partial charge on any atom is 0.315 e. The van der Waals surface area contributed by atoms with Gasteiger partial charge in [-0.1, -0.05) is 0 Å². The van der Waals surface area contributed by atoms with Crippen LogP contribution in [-0.4, -0.2) is 53.7 Å². The van der Waals surface area contributed by atoms with E-state index in [1.165, 1.54) is 0 Å². The summed E-state index contributed by atoms with van der Waals surface area (Å²) in [7, 11) is 0. The first-order valence-electron chi connectivity index (χ1n) is 6.88. The van der Waals surface area contributed by atoms with Crippen LogP contribution in [0.4, 0.5) is 4.79 Å². The topological polar surface area (TPSA) is 81.7 Å². The molecule has 1 saturated heterocycles. The molecule has 0 aliphatic carbocycles. The smallest absolute Gasteiger partial charge is 0.315 e. The molecule has 2 amide bonds. The minimum atomic E-state index is -0.906. The van der Waals surface area contributed by atoms with Gasteiger partial charge in [0.15, 0.2) is 0 Å². The molecule has 110 valence electrons. The molecule has 1 fully saturated rings. The van der Waals surface area contributed by atoms with Crippen molar-refractivity contribution < 1.29 is 14.7 Å². The molecule has 1 aliphatic rings. The molecule has 0 saturated carbocycles. The summed E-state index contributed by atoms with van der Waals surface area (Å²) in [6.45, 7) is 8.79. The summed E-state index contributed by atoms with van der Waals surface area (Å²) in [6, 6.07) is -0.0839. The lowest BCUT2D eigenvalue weighted by Crippen LogP contribution is -2.43. The van der Waals surface area contributed by atoms with Crippen molar-refractivity contribution in [1.82, 2.24) is 15.5 Å². The molecule has 0 aromatic carbocycles. The van der Waals surface area contributed by atoms with Crippen molar-refractivity contribution in [3.8, 4) is 0 Å². The number of amides is 2. The van der Waals surface area contributed by atoms with Crippen LogP contribution < -0.4 is 10.6 Å². The van der Waals surface area contributed by atoms with E-state index >= 15 is 0 Å². The molecule has 0 aromatic rings. The van der Waals surface area contributed by atoms with Crippen LogP contribution in [0.1, 0.15) is 33.6 Å². The number of carboxylic acids is 1. The van der Waals surface area contributed by atoms with Crippen molar-refractivity contribution in [2.45, 2.75) is 45.7 Å². The number of carbonyl (C=O) groups excluding carboxylic acids is 1. The number of nitrogens with zero attached hydrogens (tertiary/aromatic N) is 1. The molecule has 6 nitrogen and oxygen atoms in total. The van der Waals surface area contributed by atoms with Gasteiger partial charge in [-0.3, -0.25) is 4.79 Å². The molecule has 3 N–H and O–H groups in total. The molecule has 0 aromatic heterocycles. The van der Waals surface area contributed by atoms with Crippen LogP contribution in [-0.2, 0) is 4.79 Å². The Kier molecular flexibility index (Phi) is 6.08. The lowest BCUT2D eigenvalue weighted by molar-refractivity contribution is -0.137. The van der Waals surface area contributed by atoms with Crippen LogP contribution in [0.15, 0.2) is 0 Å². The summed E-state index contributed by atoms with van der Waals surface area (Å²) in [5, 5.41) is 14.0. The number of aliphatic carboxylic acids is 1. The van der Waals surface area contributed by atoms with Gasteiger partial charge in [0.05, 0.1) is 6.42 Å². The van der Waals surface area contributed by atoms with Crippen molar-refractivity contribution in [1.29, 1.82) is 0 Å². The molecule has 0 spiro atoms. The monoisotopic (exact) mass is 271 g/mol. The van der Waals surface area contributed by atoms with Gasteiger partial charge in [0.1, 0.15) is 0 Å². The zero-order valence-corrected chi connectivity index (χ0v) is 12.0. The summed E-state index contributed by atoms with van der Waals surface area (Å²) in [5.41, 5.74) is 0. The fourth-order valence-electron chi connectivity index (χ4n) is 2.32. The minimum absolute atomic E-state index is 0.0576. The van der Waals surface area contributed by atoms with Gasteiger partial charge in [-0.2, -0.15) is 0 Å². The molecular weight excluding hydrogens is 246 g/mol. The van der Waals surface area contributed by atoms with Crippen LogP contribution in [0, 0.1) is 5.92 Å². The number of hydrogen-bond acceptors (Lipinski definition) is 3. The summed E-state index contributed by atoms with van der Waals surface area (Å²) < 4.78 is 0. The van der Waals surface area contributed by atoms with Gasteiger partial charge in [0.25, 0.3) is 0 Å². The third-order valence-electron chi connectivity index (χ3n) is 3.46. The predicted octanol–water partition coefficient (Wildman–Crippen LogP) is 0.879. The van der Waals surface area contributed by atoms with Crippen molar-refractivity contribution in [3.63, 3.8) is 0 Å². The number of nitrogens with one attached hydrogen (secondary N) is 2. The number of carbonyl (C=O) groups is 2. The highest BCUT2D eigenvalue weighted by atomic mass is 16.4. The lowest BCUT2D eigenvalue weighted by atomic mass is 10.1. The molecule has 6 heteroatoms. The molecular formula is C13H25N3O3. The molecule has 1 rings (SSSR count). The average Bonchev–Trinajstić information content (AvgIpc) is 2.73. The first-order valence-corrected chi connectivity index (χ1v) is 6.88. The molecule has 0 bridgehead atoms. The Labute approximate surface area is 114 Å². The maximum absolute atomic E-state index is 11.6. The maximum atomic E-state index is 11.6. The molecule has 1 aliphatic heterocycles. The summed E-state index contributed by atoms with van der Waals surface area (Å²) in [4.78, 5) is 24.5. The van der Waals surface area contributed by atoms with Gasteiger partial charge >= 0.3 is 12.0 Å². The van der Waals surface area contributed by atoms with Gasteiger partial charge in [0.2, 0.25) is 0 Å². The zero-order valence-electron chi connectivity index (χ0n) is 12.0. The largest absolute Gasteiger partial charge is 0.481 e. The first kappa shape index (κ1) is 15.8. The summed E-state index contributed by atoms with van der Waals surface area (Å²) in [6.07, 6.45) is 1.04. The third-order valence-corrected chi connectivity index (χ3v) is 3.46. The highest BCUT2D eigenvalue weighted by Gasteiger charge is 2.24. The Morgan fingerprint density at radius 1 is 1.37 bits per heavy atom. The Balaban J connectivity index is 2.19. The van der Waals surface area contributed by atoms with Gasteiger partial charge in [-0.15, -0.1) is 0 Å². The van der Waals surface area contributed by atoms with Gasteiger partial charge in [-0.25, -0.2) is 4.79 Å². The van der Waals surface area contributed by atoms with Crippen LogP contribution in [0.2, 0.25) is 0 Å². The second-order valence-electron chi connectivity index (χ2n) is 5.60. The van der Waals surface area contributed by atoms with Crippen molar-refractivity contribution in [2.24, 2.45) is 5.92 Å². The Hall–Kier alpha value is -1.30. The SMILES string of the molecule is CC(CC(=O)O)NC(=O)NCC1CCN(C(C)C)C1. The van der Waals surface area contributed by atoms with E-state index < -0.39 is 5.97 Å². The van der Waals surface area contributed by atoms with Gasteiger partial charge in [0, 0.05) is 25.2 Å². The van der Waals surface area contributed by atoms with Gasteiger partial charge in [-0.05, 0) is 39.7 Å². The van der Waals surface area contributed by atoms with Crippen molar-refractivity contribution in [3.05, 3.63) is 0 Å². The average molecular weight is 271 g/mol. The van der Waals surface area contributed by atoms with E-state index in [1.807, 2.05) is 0 Å². The van der Waals surface area contributed by atoms with E-state index in [0.29, 0.717) is 18.5 Å². The molecule has 0 radical (unpaired) electrons. The normalized spacial score (nSPS) is 21.4. The molecule has 2 atom stereocenters. The Morgan fingerprint density at radius 2 is 2.05 bits per heavy atom. The van der Waals surface area contributed by atoms with E-state index in [9.17, 15) is 9.59 Å². The van der Waals surface area contributed by atoms with E-state index in [-0.39, 0.29) is 18.5 Å². The highest BCUT2D eigenvalue weighted by Crippen LogP contribution is 2.17. The lowest BCUT2D eigenvalue weighted by Gasteiger charge is -2.20. The highest BCUT2D eigenvalue weighted by molar-refractivity contribution is 5.75. The fraction of sp³-hybridized carbons (Fsp3) is 0.846. The van der Waals surface area contributed by atoms with Crippen LogP contribution in [0.3, 0.4) is 0 Å². The second-order valence-corrected chi connectivity index (χ2v) is 5.60. The Bertz CT molecular complexity index is 320. The number of hydrogen-bond donors (Lipinski definition) is 3. The third kappa shape index (κ3) is 5.92. The number of urea groups is 1. The van der Waals surface area contributed by atoms with E-state index in [1.54, 1.807) is 6.92 Å². The van der Waals surface area contributed by atoms with Crippen LogP contribution in [0.25, 0.3) is 0 Å². The molecule has 1 heterocycles. The standard InChI is InChI=1S/C13H25N3O3/c1-9(2)16-5-4-11(8-16)7-14-13(19)15-10(3)6-12(17)18/h9-11H,4-8H2,1-3H3,(H,17,18)(H2,14,15,19). The van der Waals surface area contributed by atoms with Crippen LogP contribution in [0.5, 0.6) is 0 Å². The van der Waals surface area contributed by atoms with Crippen molar-refractivity contribution in [2.75, 3.05) is 19.6 Å². The second kappa shape index (κ2) is 7.33. The van der Waals surface area contributed by atoms with Crippen LogP contribution >= 0.6 is 0 Å². The summed E-state index contributed by atoms with van der Waals surface area (Å²) in [5.74, 6) is -0.418. The van der Waals surface area contributed by atoms with E-state index in [4.69, 9.17) is 5.11 Å². The van der Waals surface area contributed by atoms with Gasteiger partial charge < -0.3 is 20.6 Å². The number of rotatable bonds is 6. The minimum Gasteiger partial charge on any atom is -0.481 e.